The Bertz CT molecular complexity index is 901. The number of hydrogen-bond acceptors (Lipinski definition) is 5. The van der Waals surface area contributed by atoms with Crippen molar-refractivity contribution >= 4 is 11.6 Å². The van der Waals surface area contributed by atoms with E-state index in [4.69, 9.17) is 9.47 Å². The van der Waals surface area contributed by atoms with Gasteiger partial charge in [0.05, 0.1) is 5.69 Å². The van der Waals surface area contributed by atoms with E-state index >= 15 is 0 Å². The maximum atomic E-state index is 13.8. The van der Waals surface area contributed by atoms with E-state index in [1.807, 2.05) is 11.0 Å². The van der Waals surface area contributed by atoms with Crippen molar-refractivity contribution in [2.75, 3.05) is 37.9 Å². The van der Waals surface area contributed by atoms with Crippen molar-refractivity contribution in [1.82, 2.24) is 4.90 Å². The van der Waals surface area contributed by atoms with Crippen molar-refractivity contribution in [2.45, 2.75) is 0 Å². The second-order valence-corrected chi connectivity index (χ2v) is 6.09. The van der Waals surface area contributed by atoms with E-state index in [1.165, 1.54) is 6.07 Å². The number of carbonyl (C=O) groups excluding carboxylic acids is 1. The largest absolute Gasteiger partial charge is 0.454 e. The van der Waals surface area contributed by atoms with Crippen molar-refractivity contribution in [3.8, 4) is 17.6 Å². The molecule has 1 saturated heterocycles. The first-order valence-electron chi connectivity index (χ1n) is 8.30. The minimum absolute atomic E-state index is 0.0445. The summed E-state index contributed by atoms with van der Waals surface area (Å²) in [6.45, 7) is 2.23. The molecule has 4 rings (SSSR count). The fourth-order valence-corrected chi connectivity index (χ4v) is 3.25. The van der Waals surface area contributed by atoms with Crippen molar-refractivity contribution in [2.24, 2.45) is 0 Å². The SMILES string of the molecule is N#Cc1c(F)cccc1N1CCN(C(=O)c2ccc3c(c2)OCO3)CC1. The van der Waals surface area contributed by atoms with Gasteiger partial charge in [-0.1, -0.05) is 6.07 Å². The van der Waals surface area contributed by atoms with Gasteiger partial charge >= 0.3 is 0 Å². The molecule has 0 saturated carbocycles. The Morgan fingerprint density at radius 2 is 1.85 bits per heavy atom. The highest BCUT2D eigenvalue weighted by Crippen LogP contribution is 2.33. The minimum atomic E-state index is -0.524. The summed E-state index contributed by atoms with van der Waals surface area (Å²) in [7, 11) is 0. The zero-order valence-electron chi connectivity index (χ0n) is 13.9. The van der Waals surface area contributed by atoms with Gasteiger partial charge in [-0.05, 0) is 30.3 Å². The molecule has 2 aliphatic heterocycles. The van der Waals surface area contributed by atoms with Gasteiger partial charge in [0.25, 0.3) is 5.91 Å². The van der Waals surface area contributed by atoms with Crippen LogP contribution in [0, 0.1) is 17.1 Å². The number of nitrogens with zero attached hydrogens (tertiary/aromatic N) is 3. The highest BCUT2D eigenvalue weighted by atomic mass is 19.1. The van der Waals surface area contributed by atoms with Crippen LogP contribution in [-0.2, 0) is 0 Å². The highest BCUT2D eigenvalue weighted by Gasteiger charge is 2.25. The molecular weight excluding hydrogens is 337 g/mol. The average Bonchev–Trinajstić information content (AvgIpc) is 3.15. The Balaban J connectivity index is 1.46. The van der Waals surface area contributed by atoms with Crippen LogP contribution in [0.2, 0.25) is 0 Å². The first-order valence-corrected chi connectivity index (χ1v) is 8.30. The maximum absolute atomic E-state index is 13.8. The van der Waals surface area contributed by atoms with Gasteiger partial charge in [-0.15, -0.1) is 0 Å². The van der Waals surface area contributed by atoms with Crippen molar-refractivity contribution in [1.29, 1.82) is 5.26 Å². The smallest absolute Gasteiger partial charge is 0.254 e. The predicted molar refractivity (Wildman–Crippen MR) is 91.8 cm³/mol. The third kappa shape index (κ3) is 2.80. The molecule has 0 spiro atoms. The van der Waals surface area contributed by atoms with Gasteiger partial charge in [0.1, 0.15) is 17.4 Å². The zero-order chi connectivity index (χ0) is 18.1. The molecule has 1 amide bonds. The molecule has 26 heavy (non-hydrogen) atoms. The standard InChI is InChI=1S/C19H16FN3O3/c20-15-2-1-3-16(14(15)11-21)22-6-8-23(9-7-22)19(24)13-4-5-17-18(10-13)26-12-25-17/h1-5,10H,6-9,12H2. The Morgan fingerprint density at radius 1 is 1.08 bits per heavy atom. The van der Waals surface area contributed by atoms with E-state index in [2.05, 4.69) is 0 Å². The normalized spacial score (nSPS) is 15.7. The number of carbonyl (C=O) groups is 1. The number of rotatable bonds is 2. The van der Waals surface area contributed by atoms with E-state index in [-0.39, 0.29) is 18.3 Å². The molecule has 0 aromatic heterocycles. The molecule has 0 N–H and O–H groups in total. The number of anilines is 1. The van der Waals surface area contributed by atoms with Crippen LogP contribution < -0.4 is 14.4 Å². The fourth-order valence-electron chi connectivity index (χ4n) is 3.25. The Morgan fingerprint density at radius 3 is 2.62 bits per heavy atom. The fraction of sp³-hybridized carbons (Fsp3) is 0.263. The van der Waals surface area contributed by atoms with E-state index in [0.717, 1.165) is 0 Å². The molecule has 2 aromatic rings. The molecule has 2 aliphatic rings. The summed E-state index contributed by atoms with van der Waals surface area (Å²) in [6.07, 6.45) is 0. The molecule has 6 nitrogen and oxygen atoms in total. The number of piperazine rings is 1. The van der Waals surface area contributed by atoms with Crippen LogP contribution in [0.25, 0.3) is 0 Å². The molecule has 0 radical (unpaired) electrons. The predicted octanol–water partition coefficient (Wildman–Crippen LogP) is 2.39. The third-order valence-electron chi connectivity index (χ3n) is 4.63. The summed E-state index contributed by atoms with van der Waals surface area (Å²) < 4.78 is 24.4. The third-order valence-corrected chi connectivity index (χ3v) is 4.63. The molecule has 0 bridgehead atoms. The number of benzene rings is 2. The van der Waals surface area contributed by atoms with Gasteiger partial charge in [-0.3, -0.25) is 4.79 Å². The number of hydrogen-bond donors (Lipinski definition) is 0. The number of fused-ring (bicyclic) bond motifs is 1. The van der Waals surface area contributed by atoms with Crippen LogP contribution in [-0.4, -0.2) is 43.8 Å². The Hall–Kier alpha value is -3.27. The van der Waals surface area contributed by atoms with Gasteiger partial charge in [-0.25, -0.2) is 4.39 Å². The molecule has 0 atom stereocenters. The Kier molecular flexibility index (Phi) is 4.09. The van der Waals surface area contributed by atoms with Crippen LogP contribution in [0.5, 0.6) is 11.5 Å². The summed E-state index contributed by atoms with van der Waals surface area (Å²) in [5, 5.41) is 9.19. The second kappa shape index (κ2) is 6.56. The summed E-state index contributed by atoms with van der Waals surface area (Å²) in [4.78, 5) is 16.4. The van der Waals surface area contributed by atoms with Gasteiger partial charge in [0, 0.05) is 31.7 Å². The monoisotopic (exact) mass is 353 g/mol. The number of nitriles is 1. The lowest BCUT2D eigenvalue weighted by molar-refractivity contribution is 0.0746. The zero-order valence-corrected chi connectivity index (χ0v) is 13.9. The highest BCUT2D eigenvalue weighted by molar-refractivity contribution is 5.95. The first kappa shape index (κ1) is 16.2. The second-order valence-electron chi connectivity index (χ2n) is 6.09. The van der Waals surface area contributed by atoms with Crippen LogP contribution in [0.4, 0.5) is 10.1 Å². The van der Waals surface area contributed by atoms with Gasteiger partial charge in [-0.2, -0.15) is 5.26 Å². The average molecular weight is 353 g/mol. The quantitative estimate of drug-likeness (QED) is 0.829. The molecule has 0 aliphatic carbocycles. The van der Waals surface area contributed by atoms with E-state index < -0.39 is 5.82 Å². The van der Waals surface area contributed by atoms with Crippen LogP contribution in [0.15, 0.2) is 36.4 Å². The molecule has 0 unspecified atom stereocenters. The van der Waals surface area contributed by atoms with E-state index in [0.29, 0.717) is 48.9 Å². The maximum Gasteiger partial charge on any atom is 0.254 e. The van der Waals surface area contributed by atoms with Crippen molar-refractivity contribution < 1.29 is 18.7 Å². The molecule has 1 fully saturated rings. The number of halogens is 1. The summed E-state index contributed by atoms with van der Waals surface area (Å²) in [6, 6.07) is 11.7. The summed E-state index contributed by atoms with van der Waals surface area (Å²) in [5.41, 5.74) is 1.16. The molecule has 7 heteroatoms. The van der Waals surface area contributed by atoms with E-state index in [9.17, 15) is 14.4 Å². The molecule has 2 heterocycles. The summed E-state index contributed by atoms with van der Waals surface area (Å²) in [5.74, 6) is 0.612. The van der Waals surface area contributed by atoms with Gasteiger partial charge in [0.2, 0.25) is 6.79 Å². The molecule has 2 aromatic carbocycles. The molecular formula is C19H16FN3O3. The first-order chi connectivity index (χ1) is 12.7. The van der Waals surface area contributed by atoms with Crippen LogP contribution in [0.3, 0.4) is 0 Å². The van der Waals surface area contributed by atoms with Crippen LogP contribution >= 0.6 is 0 Å². The van der Waals surface area contributed by atoms with Gasteiger partial charge < -0.3 is 19.3 Å². The van der Waals surface area contributed by atoms with Crippen molar-refractivity contribution in [3.05, 3.63) is 53.3 Å². The number of amides is 1. The lowest BCUT2D eigenvalue weighted by atomic mass is 10.1. The minimum Gasteiger partial charge on any atom is -0.454 e. The van der Waals surface area contributed by atoms with E-state index in [1.54, 1.807) is 35.2 Å². The van der Waals surface area contributed by atoms with Crippen molar-refractivity contribution in [3.63, 3.8) is 0 Å². The molecule has 132 valence electrons. The lowest BCUT2D eigenvalue weighted by Crippen LogP contribution is -2.49. The summed E-state index contributed by atoms with van der Waals surface area (Å²) >= 11 is 0. The lowest BCUT2D eigenvalue weighted by Gasteiger charge is -2.36. The Labute approximate surface area is 149 Å². The topological polar surface area (TPSA) is 65.8 Å². The number of ether oxygens (including phenoxy) is 2. The van der Waals surface area contributed by atoms with Crippen LogP contribution in [0.1, 0.15) is 15.9 Å². The van der Waals surface area contributed by atoms with Gasteiger partial charge in [0.15, 0.2) is 11.5 Å².